The van der Waals surface area contributed by atoms with Crippen molar-refractivity contribution in [1.29, 1.82) is 0 Å². The minimum Gasteiger partial charge on any atom is -0.484 e. The molecule has 1 amide bonds. The van der Waals surface area contributed by atoms with Crippen molar-refractivity contribution >= 4 is 34.2 Å². The second-order valence-corrected chi connectivity index (χ2v) is 4.78. The van der Waals surface area contributed by atoms with Gasteiger partial charge in [0.1, 0.15) is 5.75 Å². The second-order valence-electron chi connectivity index (χ2n) is 3.86. The Morgan fingerprint density at radius 3 is 2.89 bits per heavy atom. The van der Waals surface area contributed by atoms with Crippen molar-refractivity contribution in [3.8, 4) is 5.75 Å². The standard InChI is InChI=1S/C12H17BrN2O2.ClH/c1-9(14)5-6-15-12(16)8-17-11-4-2-3-10(13)7-11;/h2-4,7,9H,5-6,8,14H2,1H3,(H,15,16);1H. The molecule has 0 fully saturated rings. The molecule has 4 nitrogen and oxygen atoms in total. The van der Waals surface area contributed by atoms with Gasteiger partial charge in [0.15, 0.2) is 6.61 Å². The number of hydrogen-bond donors (Lipinski definition) is 2. The summed E-state index contributed by atoms with van der Waals surface area (Å²) in [5.74, 6) is 0.535. The topological polar surface area (TPSA) is 64.3 Å². The largest absolute Gasteiger partial charge is 0.484 e. The van der Waals surface area contributed by atoms with Gasteiger partial charge in [0, 0.05) is 17.1 Å². The fourth-order valence-corrected chi connectivity index (χ4v) is 1.57. The summed E-state index contributed by atoms with van der Waals surface area (Å²) in [6.45, 7) is 2.51. The third-order valence-corrected chi connectivity index (χ3v) is 2.58. The molecule has 0 spiro atoms. The molecule has 102 valence electrons. The first-order chi connectivity index (χ1) is 8.08. The molecule has 1 unspecified atom stereocenters. The summed E-state index contributed by atoms with van der Waals surface area (Å²) in [5, 5.41) is 2.74. The van der Waals surface area contributed by atoms with Crippen molar-refractivity contribution in [2.75, 3.05) is 13.2 Å². The van der Waals surface area contributed by atoms with Crippen molar-refractivity contribution in [3.05, 3.63) is 28.7 Å². The zero-order chi connectivity index (χ0) is 12.7. The normalized spacial score (nSPS) is 11.3. The number of carbonyl (C=O) groups is 1. The molecule has 0 saturated carbocycles. The van der Waals surface area contributed by atoms with Crippen LogP contribution in [-0.4, -0.2) is 25.1 Å². The van der Waals surface area contributed by atoms with E-state index in [9.17, 15) is 4.79 Å². The van der Waals surface area contributed by atoms with Crippen LogP contribution in [0.1, 0.15) is 13.3 Å². The van der Waals surface area contributed by atoms with Gasteiger partial charge < -0.3 is 15.8 Å². The molecule has 3 N–H and O–H groups in total. The number of benzene rings is 1. The first kappa shape index (κ1) is 17.2. The zero-order valence-electron chi connectivity index (χ0n) is 10.2. The van der Waals surface area contributed by atoms with Gasteiger partial charge in [-0.25, -0.2) is 0 Å². The molecule has 1 aromatic carbocycles. The Hall–Kier alpha value is -0.780. The number of amides is 1. The van der Waals surface area contributed by atoms with Gasteiger partial charge in [-0.2, -0.15) is 0 Å². The Morgan fingerprint density at radius 2 is 2.28 bits per heavy atom. The molecule has 1 rings (SSSR count). The highest BCUT2D eigenvalue weighted by molar-refractivity contribution is 9.10. The maximum absolute atomic E-state index is 11.4. The lowest BCUT2D eigenvalue weighted by molar-refractivity contribution is -0.123. The third-order valence-electron chi connectivity index (χ3n) is 2.09. The number of hydrogen-bond acceptors (Lipinski definition) is 3. The first-order valence-electron chi connectivity index (χ1n) is 5.48. The van der Waals surface area contributed by atoms with Crippen LogP contribution in [0.25, 0.3) is 0 Å². The van der Waals surface area contributed by atoms with Crippen molar-refractivity contribution in [3.63, 3.8) is 0 Å². The summed E-state index contributed by atoms with van der Waals surface area (Å²) in [6, 6.07) is 7.47. The van der Waals surface area contributed by atoms with Gasteiger partial charge in [-0.05, 0) is 31.5 Å². The van der Waals surface area contributed by atoms with Crippen LogP contribution in [0.4, 0.5) is 0 Å². The lowest BCUT2D eigenvalue weighted by atomic mass is 10.2. The molecule has 0 aliphatic heterocycles. The highest BCUT2D eigenvalue weighted by Gasteiger charge is 2.03. The van der Waals surface area contributed by atoms with Gasteiger partial charge in [0.25, 0.3) is 5.91 Å². The van der Waals surface area contributed by atoms with Crippen LogP contribution in [0, 0.1) is 0 Å². The van der Waals surface area contributed by atoms with Gasteiger partial charge >= 0.3 is 0 Å². The molecule has 18 heavy (non-hydrogen) atoms. The van der Waals surface area contributed by atoms with Crippen molar-refractivity contribution < 1.29 is 9.53 Å². The average molecular weight is 338 g/mol. The molecule has 0 aromatic heterocycles. The van der Waals surface area contributed by atoms with Crippen molar-refractivity contribution in [2.24, 2.45) is 5.73 Å². The molecule has 0 bridgehead atoms. The molecule has 0 aliphatic rings. The Labute approximate surface area is 122 Å². The van der Waals surface area contributed by atoms with E-state index in [0.717, 1.165) is 10.9 Å². The zero-order valence-corrected chi connectivity index (χ0v) is 12.6. The number of ether oxygens (including phenoxy) is 1. The van der Waals surface area contributed by atoms with Crippen LogP contribution in [-0.2, 0) is 4.79 Å². The molecule has 1 aromatic rings. The van der Waals surface area contributed by atoms with Crippen molar-refractivity contribution in [1.82, 2.24) is 5.32 Å². The van der Waals surface area contributed by atoms with Gasteiger partial charge in [-0.15, -0.1) is 12.4 Å². The predicted octanol–water partition coefficient (Wildman–Crippen LogP) is 2.10. The highest BCUT2D eigenvalue weighted by Crippen LogP contribution is 2.17. The quantitative estimate of drug-likeness (QED) is 0.835. The van der Waals surface area contributed by atoms with E-state index in [1.807, 2.05) is 25.1 Å². The molecule has 1 atom stereocenters. The van der Waals surface area contributed by atoms with Crippen LogP contribution in [0.3, 0.4) is 0 Å². The Kier molecular flexibility index (Phi) is 8.79. The van der Waals surface area contributed by atoms with Crippen LogP contribution in [0.2, 0.25) is 0 Å². The monoisotopic (exact) mass is 336 g/mol. The van der Waals surface area contributed by atoms with Gasteiger partial charge in [0.05, 0.1) is 0 Å². The van der Waals surface area contributed by atoms with Crippen LogP contribution >= 0.6 is 28.3 Å². The van der Waals surface area contributed by atoms with E-state index in [2.05, 4.69) is 21.2 Å². The smallest absolute Gasteiger partial charge is 0.257 e. The van der Waals surface area contributed by atoms with Crippen LogP contribution in [0.5, 0.6) is 5.75 Å². The third kappa shape index (κ3) is 7.53. The minimum atomic E-state index is -0.134. The molecular weight excluding hydrogens is 320 g/mol. The maximum atomic E-state index is 11.4. The maximum Gasteiger partial charge on any atom is 0.257 e. The van der Waals surface area contributed by atoms with Gasteiger partial charge in [-0.1, -0.05) is 22.0 Å². The summed E-state index contributed by atoms with van der Waals surface area (Å²) in [7, 11) is 0. The van der Waals surface area contributed by atoms with E-state index < -0.39 is 0 Å². The van der Waals surface area contributed by atoms with E-state index >= 15 is 0 Å². The Bertz CT molecular complexity index is 375. The Balaban J connectivity index is 0.00000289. The summed E-state index contributed by atoms with van der Waals surface area (Å²) in [5.41, 5.74) is 5.57. The molecule has 0 radical (unpaired) electrons. The van der Waals surface area contributed by atoms with E-state index in [4.69, 9.17) is 10.5 Å². The molecule has 0 aliphatic carbocycles. The average Bonchev–Trinajstić information content (AvgIpc) is 2.26. The summed E-state index contributed by atoms with van der Waals surface area (Å²) in [4.78, 5) is 11.4. The number of halogens is 2. The van der Waals surface area contributed by atoms with E-state index in [1.54, 1.807) is 6.07 Å². The summed E-state index contributed by atoms with van der Waals surface area (Å²) < 4.78 is 6.26. The predicted molar refractivity (Wildman–Crippen MR) is 78.2 cm³/mol. The first-order valence-corrected chi connectivity index (χ1v) is 6.28. The van der Waals surface area contributed by atoms with Crippen molar-refractivity contribution in [2.45, 2.75) is 19.4 Å². The molecular formula is C12H18BrClN2O2. The second kappa shape index (κ2) is 9.19. The number of nitrogens with one attached hydrogen (secondary N) is 1. The lowest BCUT2D eigenvalue weighted by Gasteiger charge is -2.08. The van der Waals surface area contributed by atoms with E-state index in [0.29, 0.717) is 12.3 Å². The van der Waals surface area contributed by atoms with E-state index in [-0.39, 0.29) is 31.0 Å². The molecule has 0 heterocycles. The number of nitrogens with two attached hydrogens (primary N) is 1. The molecule has 6 heteroatoms. The molecule has 0 saturated heterocycles. The fourth-order valence-electron chi connectivity index (χ4n) is 1.20. The highest BCUT2D eigenvalue weighted by atomic mass is 79.9. The lowest BCUT2D eigenvalue weighted by Crippen LogP contribution is -2.32. The van der Waals surface area contributed by atoms with Gasteiger partial charge in [0.2, 0.25) is 0 Å². The van der Waals surface area contributed by atoms with Crippen LogP contribution < -0.4 is 15.8 Å². The summed E-state index contributed by atoms with van der Waals surface area (Å²) in [6.07, 6.45) is 0.766. The SMILES string of the molecule is CC(N)CCNC(=O)COc1cccc(Br)c1.Cl. The van der Waals surface area contributed by atoms with Crippen LogP contribution in [0.15, 0.2) is 28.7 Å². The van der Waals surface area contributed by atoms with Gasteiger partial charge in [-0.3, -0.25) is 4.79 Å². The summed E-state index contributed by atoms with van der Waals surface area (Å²) >= 11 is 3.33. The minimum absolute atomic E-state index is 0. The number of carbonyl (C=O) groups excluding carboxylic acids is 1. The Morgan fingerprint density at radius 1 is 1.56 bits per heavy atom. The number of rotatable bonds is 6. The fraction of sp³-hybridized carbons (Fsp3) is 0.417. The van der Waals surface area contributed by atoms with E-state index in [1.165, 1.54) is 0 Å².